The first-order chi connectivity index (χ1) is 8.90. The third kappa shape index (κ3) is 2.92. The van der Waals surface area contributed by atoms with Gasteiger partial charge in [-0.15, -0.1) is 0 Å². The predicted molar refractivity (Wildman–Crippen MR) is 77.0 cm³/mol. The summed E-state index contributed by atoms with van der Waals surface area (Å²) in [6.45, 7) is 8.91. The lowest BCUT2D eigenvalue weighted by atomic mass is 9.92. The third-order valence-electron chi connectivity index (χ3n) is 4.19. The summed E-state index contributed by atoms with van der Waals surface area (Å²) in [5, 5.41) is 9.91. The highest BCUT2D eigenvalue weighted by atomic mass is 19.1. The Morgan fingerprint density at radius 3 is 2.63 bits per heavy atom. The maximum atomic E-state index is 13.7. The molecule has 0 spiro atoms. The van der Waals surface area contributed by atoms with Gasteiger partial charge in [-0.3, -0.25) is 0 Å². The van der Waals surface area contributed by atoms with Crippen molar-refractivity contribution >= 4 is 5.69 Å². The fourth-order valence-electron chi connectivity index (χ4n) is 2.89. The number of rotatable bonds is 2. The second-order valence-corrected chi connectivity index (χ2v) is 6.02. The molecule has 0 amide bonds. The van der Waals surface area contributed by atoms with Gasteiger partial charge in [0.05, 0.1) is 6.10 Å². The molecule has 1 aromatic rings. The Morgan fingerprint density at radius 2 is 2.00 bits per heavy atom. The van der Waals surface area contributed by atoms with E-state index in [1.807, 2.05) is 6.07 Å². The number of aliphatic hydroxyl groups is 1. The van der Waals surface area contributed by atoms with Crippen molar-refractivity contribution in [2.24, 2.45) is 5.92 Å². The first-order valence-electron chi connectivity index (χ1n) is 7.15. The molecule has 2 nitrogen and oxygen atoms in total. The van der Waals surface area contributed by atoms with Gasteiger partial charge < -0.3 is 10.0 Å². The van der Waals surface area contributed by atoms with Gasteiger partial charge in [-0.05, 0) is 57.2 Å². The van der Waals surface area contributed by atoms with E-state index in [1.165, 1.54) is 12.5 Å². The van der Waals surface area contributed by atoms with Crippen molar-refractivity contribution in [1.82, 2.24) is 0 Å². The molecule has 1 heterocycles. The van der Waals surface area contributed by atoms with Crippen LogP contribution in [-0.2, 0) is 0 Å². The van der Waals surface area contributed by atoms with Crippen molar-refractivity contribution in [1.29, 1.82) is 0 Å². The molecule has 1 N–H and O–H groups in total. The maximum absolute atomic E-state index is 13.7. The monoisotopic (exact) mass is 265 g/mol. The Labute approximate surface area is 115 Å². The number of aryl methyl sites for hydroxylation is 1. The van der Waals surface area contributed by atoms with Crippen LogP contribution in [0, 0.1) is 18.7 Å². The van der Waals surface area contributed by atoms with Crippen LogP contribution in [0.15, 0.2) is 12.1 Å². The smallest absolute Gasteiger partial charge is 0.126 e. The van der Waals surface area contributed by atoms with Crippen molar-refractivity contribution in [3.05, 3.63) is 29.1 Å². The topological polar surface area (TPSA) is 23.5 Å². The van der Waals surface area contributed by atoms with Crippen LogP contribution in [0.4, 0.5) is 10.1 Å². The van der Waals surface area contributed by atoms with Gasteiger partial charge in [-0.25, -0.2) is 4.39 Å². The number of anilines is 1. The SMILES string of the molecule is Cc1cc(N2CC(C)CCC2C)c([C@H](C)O)cc1F. The summed E-state index contributed by atoms with van der Waals surface area (Å²) >= 11 is 0. The lowest BCUT2D eigenvalue weighted by Gasteiger charge is -2.40. The summed E-state index contributed by atoms with van der Waals surface area (Å²) in [4.78, 5) is 2.32. The van der Waals surface area contributed by atoms with Crippen LogP contribution < -0.4 is 4.90 Å². The van der Waals surface area contributed by atoms with E-state index in [9.17, 15) is 9.50 Å². The zero-order valence-electron chi connectivity index (χ0n) is 12.3. The van der Waals surface area contributed by atoms with Gasteiger partial charge in [-0.1, -0.05) is 6.92 Å². The Balaban J connectivity index is 2.44. The largest absolute Gasteiger partial charge is 0.389 e. The van der Waals surface area contributed by atoms with E-state index in [-0.39, 0.29) is 5.82 Å². The molecule has 1 saturated heterocycles. The van der Waals surface area contributed by atoms with Crippen molar-refractivity contribution < 1.29 is 9.50 Å². The van der Waals surface area contributed by atoms with E-state index < -0.39 is 6.10 Å². The molecule has 19 heavy (non-hydrogen) atoms. The van der Waals surface area contributed by atoms with Gasteiger partial charge >= 0.3 is 0 Å². The summed E-state index contributed by atoms with van der Waals surface area (Å²) in [5.41, 5.74) is 2.34. The van der Waals surface area contributed by atoms with E-state index in [0.29, 0.717) is 23.1 Å². The first-order valence-corrected chi connectivity index (χ1v) is 7.15. The number of nitrogens with zero attached hydrogens (tertiary/aromatic N) is 1. The number of piperidine rings is 1. The zero-order chi connectivity index (χ0) is 14.2. The number of aliphatic hydroxyl groups excluding tert-OH is 1. The Bertz CT molecular complexity index is 458. The number of hydrogen-bond acceptors (Lipinski definition) is 2. The van der Waals surface area contributed by atoms with Crippen LogP contribution in [0.2, 0.25) is 0 Å². The Morgan fingerprint density at radius 1 is 1.32 bits per heavy atom. The molecule has 2 unspecified atom stereocenters. The van der Waals surface area contributed by atoms with E-state index in [2.05, 4.69) is 18.7 Å². The molecule has 3 heteroatoms. The quantitative estimate of drug-likeness (QED) is 0.879. The molecule has 0 aromatic heterocycles. The molecule has 2 rings (SSSR count). The fourth-order valence-corrected chi connectivity index (χ4v) is 2.89. The lowest BCUT2D eigenvalue weighted by Crippen LogP contribution is -2.41. The van der Waals surface area contributed by atoms with Gasteiger partial charge in [-0.2, -0.15) is 0 Å². The highest BCUT2D eigenvalue weighted by Gasteiger charge is 2.26. The summed E-state index contributed by atoms with van der Waals surface area (Å²) in [7, 11) is 0. The van der Waals surface area contributed by atoms with Crippen molar-refractivity contribution in [2.45, 2.75) is 52.7 Å². The average molecular weight is 265 g/mol. The normalized spacial score (nSPS) is 25.5. The number of benzene rings is 1. The van der Waals surface area contributed by atoms with Crippen LogP contribution in [-0.4, -0.2) is 17.7 Å². The minimum Gasteiger partial charge on any atom is -0.389 e. The minimum atomic E-state index is -0.644. The summed E-state index contributed by atoms with van der Waals surface area (Å²) < 4.78 is 13.7. The van der Waals surface area contributed by atoms with E-state index in [1.54, 1.807) is 13.8 Å². The van der Waals surface area contributed by atoms with Crippen LogP contribution in [0.1, 0.15) is 50.8 Å². The molecule has 3 atom stereocenters. The highest BCUT2D eigenvalue weighted by Crippen LogP contribution is 2.34. The molecular formula is C16H24FNO. The van der Waals surface area contributed by atoms with Gasteiger partial charge in [0.15, 0.2) is 0 Å². The Kier molecular flexibility index (Phi) is 4.14. The third-order valence-corrected chi connectivity index (χ3v) is 4.19. The molecular weight excluding hydrogens is 241 g/mol. The van der Waals surface area contributed by atoms with E-state index in [0.717, 1.165) is 18.7 Å². The van der Waals surface area contributed by atoms with Crippen LogP contribution >= 0.6 is 0 Å². The van der Waals surface area contributed by atoms with Gasteiger partial charge in [0.25, 0.3) is 0 Å². The maximum Gasteiger partial charge on any atom is 0.126 e. The standard InChI is InChI=1S/C16H24FNO/c1-10-5-6-12(3)18(9-10)16-7-11(2)15(17)8-14(16)13(4)19/h7-8,10,12-13,19H,5-6,9H2,1-4H3/t10?,12?,13-/m0/s1. The molecule has 1 aliphatic heterocycles. The van der Waals surface area contributed by atoms with Gasteiger partial charge in [0.1, 0.15) is 5.82 Å². The fraction of sp³-hybridized carbons (Fsp3) is 0.625. The van der Waals surface area contributed by atoms with E-state index in [4.69, 9.17) is 0 Å². The summed E-state index contributed by atoms with van der Waals surface area (Å²) in [6, 6.07) is 3.81. The molecule has 0 radical (unpaired) electrons. The second-order valence-electron chi connectivity index (χ2n) is 6.02. The minimum absolute atomic E-state index is 0.239. The lowest BCUT2D eigenvalue weighted by molar-refractivity contribution is 0.198. The number of halogens is 1. The van der Waals surface area contributed by atoms with Gasteiger partial charge in [0, 0.05) is 23.8 Å². The van der Waals surface area contributed by atoms with Crippen LogP contribution in [0.25, 0.3) is 0 Å². The molecule has 1 aromatic carbocycles. The van der Waals surface area contributed by atoms with Crippen molar-refractivity contribution in [3.8, 4) is 0 Å². The van der Waals surface area contributed by atoms with Gasteiger partial charge in [0.2, 0.25) is 0 Å². The summed E-state index contributed by atoms with van der Waals surface area (Å²) in [6.07, 6.45) is 1.74. The Hall–Kier alpha value is -1.09. The molecule has 0 saturated carbocycles. The first kappa shape index (κ1) is 14.3. The zero-order valence-corrected chi connectivity index (χ0v) is 12.3. The molecule has 106 valence electrons. The van der Waals surface area contributed by atoms with Crippen LogP contribution in [0.5, 0.6) is 0 Å². The molecule has 0 aliphatic carbocycles. The van der Waals surface area contributed by atoms with E-state index >= 15 is 0 Å². The van der Waals surface area contributed by atoms with Crippen molar-refractivity contribution in [3.63, 3.8) is 0 Å². The molecule has 0 bridgehead atoms. The predicted octanol–water partition coefficient (Wildman–Crippen LogP) is 3.81. The number of hydrogen-bond donors (Lipinski definition) is 1. The second kappa shape index (κ2) is 5.49. The van der Waals surface area contributed by atoms with Crippen molar-refractivity contribution in [2.75, 3.05) is 11.4 Å². The highest BCUT2D eigenvalue weighted by molar-refractivity contribution is 5.57. The summed E-state index contributed by atoms with van der Waals surface area (Å²) in [5.74, 6) is 0.403. The van der Waals surface area contributed by atoms with Crippen LogP contribution in [0.3, 0.4) is 0 Å². The molecule has 1 fully saturated rings. The molecule has 1 aliphatic rings. The average Bonchev–Trinajstić information content (AvgIpc) is 2.35.